The van der Waals surface area contributed by atoms with Crippen LogP contribution in [0.3, 0.4) is 0 Å². The topological polar surface area (TPSA) is 77.9 Å². The van der Waals surface area contributed by atoms with E-state index in [-0.39, 0.29) is 11.9 Å². The number of benzene rings is 1. The lowest BCUT2D eigenvalue weighted by atomic mass is 9.95. The second-order valence-electron chi connectivity index (χ2n) is 7.35. The highest BCUT2D eigenvalue weighted by atomic mass is 19.1. The van der Waals surface area contributed by atoms with Gasteiger partial charge in [0, 0.05) is 43.3 Å². The number of anilines is 3. The molecule has 0 unspecified atom stereocenters. The normalized spacial score (nSPS) is 22.4. The Labute approximate surface area is 169 Å². The molecule has 2 atom stereocenters. The van der Waals surface area contributed by atoms with Crippen molar-refractivity contribution in [2.24, 2.45) is 0 Å². The lowest BCUT2D eigenvalue weighted by Gasteiger charge is -2.40. The summed E-state index contributed by atoms with van der Waals surface area (Å²) >= 11 is 0. The molecule has 0 bridgehead atoms. The van der Waals surface area contributed by atoms with Crippen LogP contribution in [0.5, 0.6) is 0 Å². The summed E-state index contributed by atoms with van der Waals surface area (Å²) < 4.78 is 19.1. The number of halogens is 1. The van der Waals surface area contributed by atoms with Gasteiger partial charge in [-0.15, -0.1) is 0 Å². The summed E-state index contributed by atoms with van der Waals surface area (Å²) in [5.74, 6) is -0.663. The molecular weight excluding hydrogens is 375 g/mol. The number of hydrogen-bond acceptors (Lipinski definition) is 6. The number of morpholine rings is 1. The second-order valence-corrected chi connectivity index (χ2v) is 7.35. The molecule has 0 spiro atoms. The van der Waals surface area contributed by atoms with Crippen molar-refractivity contribution in [3.05, 3.63) is 48.4 Å². The Bertz CT molecular complexity index is 859. The van der Waals surface area contributed by atoms with Crippen LogP contribution in [0.2, 0.25) is 0 Å². The van der Waals surface area contributed by atoms with Crippen LogP contribution in [0.25, 0.3) is 0 Å². The Balaban J connectivity index is 1.55. The number of nitrogens with one attached hydrogen (secondary N) is 1. The lowest BCUT2D eigenvalue weighted by Crippen LogP contribution is -2.55. The molecule has 1 aromatic heterocycles. The summed E-state index contributed by atoms with van der Waals surface area (Å²) in [6.07, 6.45) is 3.24. The number of rotatable bonds is 5. The molecule has 29 heavy (non-hydrogen) atoms. The Morgan fingerprint density at radius 1 is 1.17 bits per heavy atom. The molecule has 0 radical (unpaired) electrons. The van der Waals surface area contributed by atoms with E-state index in [1.807, 2.05) is 12.1 Å². The molecule has 8 heteroatoms. The molecule has 1 aromatic carbocycles. The second kappa shape index (κ2) is 8.65. The minimum absolute atomic E-state index is 0.336. The van der Waals surface area contributed by atoms with E-state index in [2.05, 4.69) is 15.2 Å². The third kappa shape index (κ3) is 4.42. The fraction of sp³-hybridized carbons (Fsp3) is 0.429. The monoisotopic (exact) mass is 400 g/mol. The molecule has 2 fully saturated rings. The summed E-state index contributed by atoms with van der Waals surface area (Å²) in [7, 11) is 0. The van der Waals surface area contributed by atoms with Crippen LogP contribution < -0.4 is 15.1 Å². The van der Waals surface area contributed by atoms with Gasteiger partial charge in [-0.05, 0) is 37.1 Å². The minimum Gasteiger partial charge on any atom is -0.480 e. The largest absolute Gasteiger partial charge is 0.480 e. The van der Waals surface area contributed by atoms with Crippen LogP contribution >= 0.6 is 0 Å². The SMILES string of the molecule is O=C(O)[C@@H]1[C@H](Nc2cc(N3CCOCC3)ccn2)CCCN1c1cccc(F)c1. The first-order valence-electron chi connectivity index (χ1n) is 9.92. The van der Waals surface area contributed by atoms with Gasteiger partial charge in [-0.2, -0.15) is 0 Å². The van der Waals surface area contributed by atoms with Gasteiger partial charge < -0.3 is 25.0 Å². The number of pyridine rings is 1. The zero-order chi connectivity index (χ0) is 20.2. The van der Waals surface area contributed by atoms with Gasteiger partial charge in [-0.1, -0.05) is 6.07 Å². The maximum atomic E-state index is 13.7. The van der Waals surface area contributed by atoms with E-state index in [1.54, 1.807) is 23.2 Å². The van der Waals surface area contributed by atoms with E-state index in [1.165, 1.54) is 12.1 Å². The third-order valence-corrected chi connectivity index (χ3v) is 5.48. The van der Waals surface area contributed by atoms with Gasteiger partial charge in [-0.3, -0.25) is 0 Å². The highest BCUT2D eigenvalue weighted by Crippen LogP contribution is 2.28. The Hall–Kier alpha value is -2.87. The average molecular weight is 400 g/mol. The molecular formula is C21H25FN4O3. The average Bonchev–Trinajstić information content (AvgIpc) is 2.74. The van der Waals surface area contributed by atoms with Crippen molar-refractivity contribution < 1.29 is 19.0 Å². The van der Waals surface area contributed by atoms with E-state index in [9.17, 15) is 14.3 Å². The summed E-state index contributed by atoms with van der Waals surface area (Å²) in [4.78, 5) is 20.5. The third-order valence-electron chi connectivity index (χ3n) is 5.48. The molecule has 2 saturated heterocycles. The summed E-state index contributed by atoms with van der Waals surface area (Å²) in [6.45, 7) is 3.59. The predicted octanol–water partition coefficient (Wildman–Crippen LogP) is 2.59. The summed E-state index contributed by atoms with van der Waals surface area (Å²) in [6, 6.07) is 8.86. The van der Waals surface area contributed by atoms with Crippen LogP contribution in [-0.4, -0.2) is 61.0 Å². The van der Waals surface area contributed by atoms with Crippen molar-refractivity contribution >= 4 is 23.2 Å². The van der Waals surface area contributed by atoms with Crippen molar-refractivity contribution in [2.45, 2.75) is 24.9 Å². The highest BCUT2D eigenvalue weighted by Gasteiger charge is 2.37. The number of piperidine rings is 1. The van der Waals surface area contributed by atoms with Crippen LogP contribution in [0, 0.1) is 5.82 Å². The molecule has 2 N–H and O–H groups in total. The van der Waals surface area contributed by atoms with Gasteiger partial charge in [0.1, 0.15) is 17.7 Å². The number of hydrogen-bond donors (Lipinski definition) is 2. The van der Waals surface area contributed by atoms with E-state index < -0.39 is 12.0 Å². The quantitative estimate of drug-likeness (QED) is 0.799. The van der Waals surface area contributed by atoms with Crippen LogP contribution in [-0.2, 0) is 9.53 Å². The Morgan fingerprint density at radius 2 is 2.00 bits per heavy atom. The maximum Gasteiger partial charge on any atom is 0.328 e. The number of carboxylic acid groups (broad SMARTS) is 1. The molecule has 0 aliphatic carbocycles. The van der Waals surface area contributed by atoms with Crippen molar-refractivity contribution in [2.75, 3.05) is 48.0 Å². The number of carbonyl (C=O) groups is 1. The zero-order valence-corrected chi connectivity index (χ0v) is 16.1. The van der Waals surface area contributed by atoms with Gasteiger partial charge in [0.25, 0.3) is 0 Å². The fourth-order valence-electron chi connectivity index (χ4n) is 4.10. The number of carboxylic acids is 1. The van der Waals surface area contributed by atoms with E-state index in [4.69, 9.17) is 4.74 Å². The van der Waals surface area contributed by atoms with Gasteiger partial charge in [0.05, 0.1) is 19.3 Å². The summed E-state index contributed by atoms with van der Waals surface area (Å²) in [5, 5.41) is 13.2. The molecule has 2 aliphatic heterocycles. The van der Waals surface area contributed by atoms with Crippen molar-refractivity contribution in [3.8, 4) is 0 Å². The van der Waals surface area contributed by atoms with Crippen molar-refractivity contribution in [3.63, 3.8) is 0 Å². The van der Waals surface area contributed by atoms with E-state index in [0.29, 0.717) is 37.7 Å². The van der Waals surface area contributed by atoms with Crippen LogP contribution in [0.4, 0.5) is 21.6 Å². The van der Waals surface area contributed by atoms with Crippen molar-refractivity contribution in [1.29, 1.82) is 0 Å². The Kier molecular flexibility index (Phi) is 5.80. The first-order chi connectivity index (χ1) is 14.1. The number of ether oxygens (including phenoxy) is 1. The Morgan fingerprint density at radius 3 is 2.76 bits per heavy atom. The molecule has 0 amide bonds. The van der Waals surface area contributed by atoms with Gasteiger partial charge in [0.2, 0.25) is 0 Å². The molecule has 154 valence electrons. The van der Waals surface area contributed by atoms with Gasteiger partial charge in [-0.25, -0.2) is 14.2 Å². The fourth-order valence-corrected chi connectivity index (χ4v) is 4.10. The lowest BCUT2D eigenvalue weighted by molar-refractivity contribution is -0.139. The smallest absolute Gasteiger partial charge is 0.328 e. The van der Waals surface area contributed by atoms with Gasteiger partial charge >= 0.3 is 5.97 Å². The van der Waals surface area contributed by atoms with E-state index >= 15 is 0 Å². The van der Waals surface area contributed by atoms with Crippen molar-refractivity contribution in [1.82, 2.24) is 4.98 Å². The molecule has 7 nitrogen and oxygen atoms in total. The van der Waals surface area contributed by atoms with Gasteiger partial charge in [0.15, 0.2) is 0 Å². The van der Waals surface area contributed by atoms with Crippen LogP contribution in [0.15, 0.2) is 42.6 Å². The number of nitrogens with zero attached hydrogens (tertiary/aromatic N) is 3. The standard InChI is InChI=1S/C21H25FN4O3/c22-15-3-1-4-17(13-15)26-8-2-5-18(20(26)21(27)28)24-19-14-16(6-7-23-19)25-9-11-29-12-10-25/h1,3-4,6-7,13-14,18,20H,2,5,8-12H2,(H,23,24)(H,27,28)/t18-,20+/m1/s1. The molecule has 2 aromatic rings. The summed E-state index contributed by atoms with van der Waals surface area (Å²) in [5.41, 5.74) is 1.62. The van der Waals surface area contributed by atoms with Crippen LogP contribution in [0.1, 0.15) is 12.8 Å². The maximum absolute atomic E-state index is 13.7. The first kappa shape index (κ1) is 19.4. The minimum atomic E-state index is -0.934. The number of aromatic nitrogens is 1. The first-order valence-corrected chi connectivity index (χ1v) is 9.92. The molecule has 3 heterocycles. The van der Waals surface area contributed by atoms with E-state index in [0.717, 1.165) is 25.2 Å². The molecule has 4 rings (SSSR count). The highest BCUT2D eigenvalue weighted by molar-refractivity contribution is 5.80. The number of aliphatic carboxylic acids is 1. The zero-order valence-electron chi connectivity index (χ0n) is 16.1. The molecule has 2 aliphatic rings. The predicted molar refractivity (Wildman–Crippen MR) is 109 cm³/mol. The molecule has 0 saturated carbocycles.